The van der Waals surface area contributed by atoms with Crippen molar-refractivity contribution in [2.75, 3.05) is 5.32 Å². The molecule has 0 radical (unpaired) electrons. The maximum atomic E-state index is 13.8. The highest BCUT2D eigenvalue weighted by Crippen LogP contribution is 2.31. The van der Waals surface area contributed by atoms with Crippen LogP contribution in [0, 0.1) is 11.7 Å². The average Bonchev–Trinajstić information content (AvgIpc) is 3.32. The average molecular weight is 384 g/mol. The Balaban J connectivity index is 0.00000109. The van der Waals surface area contributed by atoms with E-state index in [-0.39, 0.29) is 11.4 Å². The molecule has 1 aliphatic rings. The monoisotopic (exact) mass is 384 g/mol. The van der Waals surface area contributed by atoms with Gasteiger partial charge in [-0.1, -0.05) is 26.7 Å². The first-order valence-corrected chi connectivity index (χ1v) is 9.72. The van der Waals surface area contributed by atoms with Gasteiger partial charge in [0.2, 0.25) is 0 Å². The number of carboxylic acid groups (broad SMARTS) is 1. The Morgan fingerprint density at radius 3 is 2.75 bits per heavy atom. The lowest BCUT2D eigenvalue weighted by molar-refractivity contribution is 0.0698. The Labute approximate surface area is 163 Å². The van der Waals surface area contributed by atoms with Crippen molar-refractivity contribution in [3.63, 3.8) is 0 Å². The SMILES string of the molecule is CC.O=C(O)c1ccncc1Nc1nn(CC2CCCC2)c2ccc(F)cc12. The normalized spacial score (nSPS) is 14.0. The third kappa shape index (κ3) is 4.13. The van der Waals surface area contributed by atoms with Crippen molar-refractivity contribution in [3.05, 3.63) is 48.0 Å². The highest BCUT2D eigenvalue weighted by molar-refractivity contribution is 5.97. The Bertz CT molecular complexity index is 964. The lowest BCUT2D eigenvalue weighted by atomic mass is 10.1. The fraction of sp³-hybridized carbons (Fsp3) is 0.381. The predicted octanol–water partition coefficient (Wildman–Crippen LogP) is 5.23. The second kappa shape index (κ2) is 8.82. The van der Waals surface area contributed by atoms with E-state index >= 15 is 0 Å². The van der Waals surface area contributed by atoms with Gasteiger partial charge < -0.3 is 10.4 Å². The summed E-state index contributed by atoms with van der Waals surface area (Å²) in [5.41, 5.74) is 1.26. The van der Waals surface area contributed by atoms with Crippen LogP contribution in [0.25, 0.3) is 10.9 Å². The molecular formula is C21H25FN4O2. The molecular weight excluding hydrogens is 359 g/mol. The van der Waals surface area contributed by atoms with Crippen LogP contribution < -0.4 is 5.32 Å². The topological polar surface area (TPSA) is 80.0 Å². The molecule has 0 unspecified atom stereocenters. The van der Waals surface area contributed by atoms with Gasteiger partial charge in [-0.2, -0.15) is 5.10 Å². The van der Waals surface area contributed by atoms with E-state index in [4.69, 9.17) is 0 Å². The molecule has 0 atom stereocenters. The molecule has 2 N–H and O–H groups in total. The van der Waals surface area contributed by atoms with E-state index in [1.165, 1.54) is 56.3 Å². The van der Waals surface area contributed by atoms with Crippen molar-refractivity contribution in [1.82, 2.24) is 14.8 Å². The largest absolute Gasteiger partial charge is 0.478 e. The van der Waals surface area contributed by atoms with E-state index in [1.807, 2.05) is 18.5 Å². The molecule has 1 saturated carbocycles. The van der Waals surface area contributed by atoms with Gasteiger partial charge in [0.15, 0.2) is 5.82 Å². The number of rotatable bonds is 5. The molecule has 0 saturated heterocycles. The number of anilines is 2. The number of halogens is 1. The first-order valence-electron chi connectivity index (χ1n) is 9.72. The van der Waals surface area contributed by atoms with Gasteiger partial charge in [0, 0.05) is 18.1 Å². The van der Waals surface area contributed by atoms with Crippen molar-refractivity contribution >= 4 is 28.4 Å². The minimum absolute atomic E-state index is 0.0925. The molecule has 1 aromatic carbocycles. The second-order valence-electron chi connectivity index (χ2n) is 6.69. The summed E-state index contributed by atoms with van der Waals surface area (Å²) in [6, 6.07) is 5.99. The molecule has 0 bridgehead atoms. The van der Waals surface area contributed by atoms with E-state index in [2.05, 4.69) is 15.4 Å². The van der Waals surface area contributed by atoms with Crippen LogP contribution in [0.2, 0.25) is 0 Å². The van der Waals surface area contributed by atoms with Crippen LogP contribution in [0.3, 0.4) is 0 Å². The number of hydrogen-bond acceptors (Lipinski definition) is 4. The molecule has 1 fully saturated rings. The molecule has 2 heterocycles. The zero-order valence-electron chi connectivity index (χ0n) is 16.2. The molecule has 0 spiro atoms. The van der Waals surface area contributed by atoms with E-state index < -0.39 is 5.97 Å². The molecule has 0 amide bonds. The lowest BCUT2D eigenvalue weighted by Crippen LogP contribution is -2.09. The van der Waals surface area contributed by atoms with Crippen LogP contribution in [-0.4, -0.2) is 25.8 Å². The number of pyridine rings is 1. The summed E-state index contributed by atoms with van der Waals surface area (Å²) in [6.45, 7) is 4.78. The molecule has 6 nitrogen and oxygen atoms in total. The van der Waals surface area contributed by atoms with Crippen LogP contribution >= 0.6 is 0 Å². The quantitative estimate of drug-likeness (QED) is 0.630. The molecule has 148 valence electrons. The number of aromatic nitrogens is 3. The van der Waals surface area contributed by atoms with Crippen molar-refractivity contribution in [2.45, 2.75) is 46.1 Å². The minimum Gasteiger partial charge on any atom is -0.478 e. The van der Waals surface area contributed by atoms with Gasteiger partial charge in [0.1, 0.15) is 5.82 Å². The first-order chi connectivity index (χ1) is 13.6. The minimum atomic E-state index is -1.06. The Kier molecular flexibility index (Phi) is 6.23. The summed E-state index contributed by atoms with van der Waals surface area (Å²) in [7, 11) is 0. The smallest absolute Gasteiger partial charge is 0.337 e. The fourth-order valence-corrected chi connectivity index (χ4v) is 3.63. The number of carboxylic acids is 1. The molecule has 28 heavy (non-hydrogen) atoms. The van der Waals surface area contributed by atoms with Crippen molar-refractivity contribution in [1.29, 1.82) is 0 Å². The predicted molar refractivity (Wildman–Crippen MR) is 107 cm³/mol. The van der Waals surface area contributed by atoms with Crippen molar-refractivity contribution in [3.8, 4) is 0 Å². The Hall–Kier alpha value is -2.96. The van der Waals surface area contributed by atoms with E-state index in [1.54, 1.807) is 6.07 Å². The van der Waals surface area contributed by atoms with Gasteiger partial charge in [0.05, 0.1) is 23.0 Å². The zero-order chi connectivity index (χ0) is 20.1. The van der Waals surface area contributed by atoms with Crippen LogP contribution in [-0.2, 0) is 6.54 Å². The van der Waals surface area contributed by atoms with E-state index in [9.17, 15) is 14.3 Å². The number of fused-ring (bicyclic) bond motifs is 1. The van der Waals surface area contributed by atoms with Crippen molar-refractivity contribution in [2.24, 2.45) is 5.92 Å². The number of hydrogen-bond donors (Lipinski definition) is 2. The number of nitrogens with one attached hydrogen (secondary N) is 1. The lowest BCUT2D eigenvalue weighted by Gasteiger charge is -2.10. The third-order valence-corrected chi connectivity index (χ3v) is 4.92. The maximum absolute atomic E-state index is 13.8. The molecule has 7 heteroatoms. The summed E-state index contributed by atoms with van der Waals surface area (Å²) in [5.74, 6) is -0.404. The van der Waals surface area contributed by atoms with Gasteiger partial charge >= 0.3 is 5.97 Å². The van der Waals surface area contributed by atoms with Crippen LogP contribution in [0.1, 0.15) is 49.9 Å². The highest BCUT2D eigenvalue weighted by atomic mass is 19.1. The van der Waals surface area contributed by atoms with Gasteiger partial charge in [-0.05, 0) is 43.0 Å². The summed E-state index contributed by atoms with van der Waals surface area (Å²) < 4.78 is 15.7. The van der Waals surface area contributed by atoms with Gasteiger partial charge in [0.25, 0.3) is 0 Å². The van der Waals surface area contributed by atoms with Crippen LogP contribution in [0.4, 0.5) is 15.9 Å². The molecule has 0 aliphatic heterocycles. The number of carbonyl (C=O) groups is 1. The third-order valence-electron chi connectivity index (χ3n) is 4.92. The molecule has 2 aromatic heterocycles. The summed E-state index contributed by atoms with van der Waals surface area (Å²) in [4.78, 5) is 15.4. The number of benzene rings is 1. The van der Waals surface area contributed by atoms with E-state index in [0.717, 1.165) is 12.1 Å². The van der Waals surface area contributed by atoms with E-state index in [0.29, 0.717) is 22.8 Å². The number of aromatic carboxylic acids is 1. The first kappa shape index (κ1) is 19.8. The fourth-order valence-electron chi connectivity index (χ4n) is 3.63. The summed E-state index contributed by atoms with van der Waals surface area (Å²) in [5, 5.41) is 17.6. The highest BCUT2D eigenvalue weighted by Gasteiger charge is 2.20. The second-order valence-corrected chi connectivity index (χ2v) is 6.69. The standard InChI is InChI=1S/C19H19FN4O2.C2H6/c20-13-5-6-17-15(9-13)18(23-24(17)11-12-3-1-2-4-12)22-16-10-21-8-7-14(16)19(25)26;1-2/h5-10,12H,1-4,11H2,(H,22,23)(H,25,26);1-2H3. The van der Waals surface area contributed by atoms with Gasteiger partial charge in [-0.3, -0.25) is 9.67 Å². The molecule has 4 rings (SSSR count). The zero-order valence-corrected chi connectivity index (χ0v) is 16.2. The van der Waals surface area contributed by atoms with Crippen LogP contribution in [0.15, 0.2) is 36.7 Å². The molecule has 3 aromatic rings. The number of nitrogens with zero attached hydrogens (tertiary/aromatic N) is 3. The Morgan fingerprint density at radius 2 is 2.04 bits per heavy atom. The van der Waals surface area contributed by atoms with Gasteiger partial charge in [-0.25, -0.2) is 9.18 Å². The molecule has 1 aliphatic carbocycles. The van der Waals surface area contributed by atoms with Gasteiger partial charge in [-0.15, -0.1) is 0 Å². The van der Waals surface area contributed by atoms with Crippen LogP contribution in [0.5, 0.6) is 0 Å². The summed E-state index contributed by atoms with van der Waals surface area (Å²) >= 11 is 0. The van der Waals surface area contributed by atoms with Crippen molar-refractivity contribution < 1.29 is 14.3 Å². The Morgan fingerprint density at radius 1 is 1.29 bits per heavy atom. The summed E-state index contributed by atoms with van der Waals surface area (Å²) in [6.07, 6.45) is 7.69. The maximum Gasteiger partial charge on any atom is 0.337 e.